The molecule has 86 valence electrons. The normalized spacial score (nSPS) is 12.1. The van der Waals surface area contributed by atoms with Crippen LogP contribution in [0.25, 0.3) is 11.0 Å². The van der Waals surface area contributed by atoms with Crippen LogP contribution in [-0.2, 0) is 15.6 Å². The Balaban J connectivity index is 2.50. The van der Waals surface area contributed by atoms with E-state index < -0.39 is 9.84 Å². The Kier molecular flexibility index (Phi) is 2.76. The van der Waals surface area contributed by atoms with Gasteiger partial charge in [-0.1, -0.05) is 18.6 Å². The fourth-order valence-electron chi connectivity index (χ4n) is 1.65. The topological polar surface area (TPSA) is 47.3 Å². The zero-order valence-electron chi connectivity index (χ0n) is 9.36. The van der Waals surface area contributed by atoms with E-state index in [-0.39, 0.29) is 11.5 Å². The van der Waals surface area contributed by atoms with Gasteiger partial charge >= 0.3 is 0 Å². The summed E-state index contributed by atoms with van der Waals surface area (Å²) in [5.41, 5.74) is 2.59. The summed E-state index contributed by atoms with van der Waals surface area (Å²) in [6.45, 7) is 3.63. The summed E-state index contributed by atoms with van der Waals surface area (Å²) in [7, 11) is -3.01. The van der Waals surface area contributed by atoms with E-state index in [0.717, 1.165) is 22.1 Å². The highest BCUT2D eigenvalue weighted by Gasteiger charge is 2.13. The summed E-state index contributed by atoms with van der Waals surface area (Å²) in [6, 6.07) is 5.77. The average Bonchev–Trinajstić information content (AvgIpc) is 2.61. The van der Waals surface area contributed by atoms with Crippen LogP contribution < -0.4 is 0 Å². The van der Waals surface area contributed by atoms with E-state index in [4.69, 9.17) is 4.42 Å². The molecule has 0 aliphatic heterocycles. The van der Waals surface area contributed by atoms with Crippen molar-refractivity contribution >= 4 is 20.8 Å². The van der Waals surface area contributed by atoms with Crippen LogP contribution in [0, 0.1) is 6.92 Å². The molecule has 4 heteroatoms. The number of benzene rings is 1. The molecule has 16 heavy (non-hydrogen) atoms. The highest BCUT2D eigenvalue weighted by Crippen LogP contribution is 2.24. The fourth-order valence-corrected chi connectivity index (χ4v) is 2.55. The van der Waals surface area contributed by atoms with Gasteiger partial charge in [-0.2, -0.15) is 0 Å². The molecule has 0 aliphatic carbocycles. The molecule has 0 saturated carbocycles. The molecule has 0 atom stereocenters. The highest BCUT2D eigenvalue weighted by molar-refractivity contribution is 7.90. The number of fused-ring (bicyclic) bond motifs is 1. The molecule has 0 spiro atoms. The first-order chi connectivity index (χ1) is 7.52. The van der Waals surface area contributed by atoms with Gasteiger partial charge in [-0.15, -0.1) is 0 Å². The monoisotopic (exact) mass is 238 g/mol. The summed E-state index contributed by atoms with van der Waals surface area (Å²) >= 11 is 0. The van der Waals surface area contributed by atoms with Crippen molar-refractivity contribution in [3.05, 3.63) is 35.6 Å². The minimum atomic E-state index is -3.01. The number of aryl methyl sites for hydroxylation is 1. The standard InChI is InChI=1S/C12H14O3S/c1-3-16(13,14)8-10-7-15-12-5-4-9(2)6-11(10)12/h4-7H,3,8H2,1-2H3. The maximum absolute atomic E-state index is 11.6. The summed E-state index contributed by atoms with van der Waals surface area (Å²) in [5.74, 6) is 0.214. The van der Waals surface area contributed by atoms with E-state index in [1.165, 1.54) is 6.26 Å². The van der Waals surface area contributed by atoms with Gasteiger partial charge in [0.1, 0.15) is 5.58 Å². The van der Waals surface area contributed by atoms with E-state index in [1.807, 2.05) is 25.1 Å². The zero-order chi connectivity index (χ0) is 11.8. The van der Waals surface area contributed by atoms with Crippen molar-refractivity contribution in [3.8, 4) is 0 Å². The summed E-state index contributed by atoms with van der Waals surface area (Å²) in [4.78, 5) is 0. The first kappa shape index (κ1) is 11.2. The van der Waals surface area contributed by atoms with Crippen molar-refractivity contribution in [1.29, 1.82) is 0 Å². The zero-order valence-corrected chi connectivity index (χ0v) is 10.2. The molecule has 2 rings (SSSR count). The molecule has 1 aromatic heterocycles. The van der Waals surface area contributed by atoms with E-state index in [1.54, 1.807) is 6.92 Å². The quantitative estimate of drug-likeness (QED) is 0.826. The molecule has 0 aliphatic rings. The average molecular weight is 238 g/mol. The third-order valence-electron chi connectivity index (χ3n) is 2.62. The predicted molar refractivity (Wildman–Crippen MR) is 64.1 cm³/mol. The molecular formula is C12H14O3S. The Morgan fingerprint density at radius 3 is 2.75 bits per heavy atom. The van der Waals surface area contributed by atoms with Gasteiger partial charge in [-0.25, -0.2) is 8.42 Å². The predicted octanol–water partition coefficient (Wildman–Crippen LogP) is 2.68. The van der Waals surface area contributed by atoms with Gasteiger partial charge in [0.05, 0.1) is 12.0 Å². The Bertz CT molecular complexity index is 608. The summed E-state index contributed by atoms with van der Waals surface area (Å²) in [6.07, 6.45) is 1.54. The van der Waals surface area contributed by atoms with Gasteiger partial charge in [-0.05, 0) is 19.1 Å². The van der Waals surface area contributed by atoms with Crippen LogP contribution in [0.3, 0.4) is 0 Å². The first-order valence-corrected chi connectivity index (χ1v) is 7.01. The Morgan fingerprint density at radius 2 is 2.06 bits per heavy atom. The third-order valence-corrected chi connectivity index (χ3v) is 4.25. The van der Waals surface area contributed by atoms with Crippen molar-refractivity contribution in [2.75, 3.05) is 5.75 Å². The Morgan fingerprint density at radius 1 is 1.31 bits per heavy atom. The van der Waals surface area contributed by atoms with Crippen molar-refractivity contribution in [3.63, 3.8) is 0 Å². The lowest BCUT2D eigenvalue weighted by Gasteiger charge is -1.99. The van der Waals surface area contributed by atoms with Gasteiger partial charge < -0.3 is 4.42 Å². The minimum absolute atomic E-state index is 0.0555. The fraction of sp³-hybridized carbons (Fsp3) is 0.333. The van der Waals surface area contributed by atoms with Crippen molar-refractivity contribution in [2.45, 2.75) is 19.6 Å². The number of sulfone groups is 1. The van der Waals surface area contributed by atoms with Gasteiger partial charge in [0.15, 0.2) is 9.84 Å². The van der Waals surface area contributed by atoms with Crippen molar-refractivity contribution in [1.82, 2.24) is 0 Å². The van der Waals surface area contributed by atoms with Gasteiger partial charge in [-0.3, -0.25) is 0 Å². The van der Waals surface area contributed by atoms with Crippen LogP contribution in [0.4, 0.5) is 0 Å². The molecule has 1 heterocycles. The minimum Gasteiger partial charge on any atom is -0.464 e. The van der Waals surface area contributed by atoms with Crippen LogP contribution in [-0.4, -0.2) is 14.2 Å². The highest BCUT2D eigenvalue weighted by atomic mass is 32.2. The lowest BCUT2D eigenvalue weighted by atomic mass is 10.1. The number of furan rings is 1. The molecule has 1 aromatic carbocycles. The molecule has 0 unspecified atom stereocenters. The molecule has 0 saturated heterocycles. The molecular weight excluding hydrogens is 224 g/mol. The molecule has 2 aromatic rings. The second-order valence-corrected chi connectivity index (χ2v) is 6.29. The van der Waals surface area contributed by atoms with Crippen LogP contribution in [0.2, 0.25) is 0 Å². The first-order valence-electron chi connectivity index (χ1n) is 5.19. The van der Waals surface area contributed by atoms with Crippen LogP contribution in [0.15, 0.2) is 28.9 Å². The van der Waals surface area contributed by atoms with E-state index >= 15 is 0 Å². The third kappa shape index (κ3) is 2.11. The van der Waals surface area contributed by atoms with Crippen LogP contribution in [0.1, 0.15) is 18.1 Å². The largest absolute Gasteiger partial charge is 0.464 e. The lowest BCUT2D eigenvalue weighted by molar-refractivity contribution is 0.592. The number of hydrogen-bond donors (Lipinski definition) is 0. The summed E-state index contributed by atoms with van der Waals surface area (Å²) in [5, 5.41) is 0.900. The number of rotatable bonds is 3. The van der Waals surface area contributed by atoms with Crippen molar-refractivity contribution < 1.29 is 12.8 Å². The van der Waals surface area contributed by atoms with Gasteiger partial charge in [0, 0.05) is 16.7 Å². The Hall–Kier alpha value is -1.29. The second-order valence-electron chi connectivity index (χ2n) is 3.94. The van der Waals surface area contributed by atoms with Crippen LogP contribution >= 0.6 is 0 Å². The molecule has 0 fully saturated rings. The molecule has 3 nitrogen and oxygen atoms in total. The Labute approximate surface area is 95.0 Å². The second kappa shape index (κ2) is 3.94. The smallest absolute Gasteiger partial charge is 0.154 e. The summed E-state index contributed by atoms with van der Waals surface area (Å²) < 4.78 is 28.4. The maximum Gasteiger partial charge on any atom is 0.154 e. The molecule has 0 amide bonds. The SMILES string of the molecule is CCS(=O)(=O)Cc1coc2ccc(C)cc12. The van der Waals surface area contributed by atoms with E-state index in [2.05, 4.69) is 0 Å². The van der Waals surface area contributed by atoms with Gasteiger partial charge in [0.2, 0.25) is 0 Å². The lowest BCUT2D eigenvalue weighted by Crippen LogP contribution is -2.05. The molecule has 0 N–H and O–H groups in total. The molecule has 0 radical (unpaired) electrons. The maximum atomic E-state index is 11.6. The van der Waals surface area contributed by atoms with E-state index in [9.17, 15) is 8.42 Å². The van der Waals surface area contributed by atoms with Gasteiger partial charge in [0.25, 0.3) is 0 Å². The molecule has 0 bridgehead atoms. The van der Waals surface area contributed by atoms with E-state index in [0.29, 0.717) is 0 Å². The van der Waals surface area contributed by atoms with Crippen LogP contribution in [0.5, 0.6) is 0 Å². The number of hydrogen-bond acceptors (Lipinski definition) is 3. The van der Waals surface area contributed by atoms with Crippen molar-refractivity contribution in [2.24, 2.45) is 0 Å².